The molecule has 0 aromatic heterocycles. The highest BCUT2D eigenvalue weighted by Gasteiger charge is 2.16. The molecule has 2 aromatic rings. The molecule has 0 radical (unpaired) electrons. The van der Waals surface area contributed by atoms with Crippen molar-refractivity contribution in [1.29, 1.82) is 0 Å². The summed E-state index contributed by atoms with van der Waals surface area (Å²) in [6, 6.07) is 15.1. The number of hydrogen-bond acceptors (Lipinski definition) is 1. The van der Waals surface area contributed by atoms with Crippen molar-refractivity contribution in [2.45, 2.75) is 74.3 Å². The van der Waals surface area contributed by atoms with Crippen molar-refractivity contribution in [3.8, 4) is 5.75 Å². The van der Waals surface area contributed by atoms with Gasteiger partial charge in [-0.3, -0.25) is 0 Å². The highest BCUT2D eigenvalue weighted by atomic mass is 16.5. The lowest BCUT2D eigenvalue weighted by atomic mass is 9.84. The lowest BCUT2D eigenvalue weighted by Crippen LogP contribution is -2.12. The van der Waals surface area contributed by atoms with E-state index in [1.807, 2.05) is 0 Å². The van der Waals surface area contributed by atoms with Gasteiger partial charge in [-0.1, -0.05) is 79.8 Å². The lowest BCUT2D eigenvalue weighted by molar-refractivity contribution is 0.304. The van der Waals surface area contributed by atoms with E-state index in [0.29, 0.717) is 12.5 Å². The zero-order chi connectivity index (χ0) is 16.3. The zero-order valence-electron chi connectivity index (χ0n) is 14.7. The van der Waals surface area contributed by atoms with E-state index in [0.717, 1.165) is 5.75 Å². The Bertz CT molecular complexity index is 633. The van der Waals surface area contributed by atoms with Crippen molar-refractivity contribution in [1.82, 2.24) is 0 Å². The molecule has 1 nitrogen and oxygen atoms in total. The van der Waals surface area contributed by atoms with Crippen molar-refractivity contribution in [3.05, 3.63) is 64.7 Å². The van der Waals surface area contributed by atoms with Gasteiger partial charge >= 0.3 is 0 Å². The first kappa shape index (κ1) is 22.2. The molecule has 1 heteroatoms. The summed E-state index contributed by atoms with van der Waals surface area (Å²) >= 11 is 0. The number of hydrogen-bond donors (Lipinski definition) is 0. The van der Waals surface area contributed by atoms with Crippen LogP contribution < -0.4 is 4.74 Å². The Hall–Kier alpha value is -1.76. The topological polar surface area (TPSA) is 9.23 Å². The average Bonchev–Trinajstić information content (AvgIpc) is 2.45. The van der Waals surface area contributed by atoms with Gasteiger partial charge in [0.05, 0.1) is 0 Å². The Balaban J connectivity index is 0.00000264. The molecular formula is C23H36O. The van der Waals surface area contributed by atoms with E-state index in [1.54, 1.807) is 0 Å². The Morgan fingerprint density at radius 2 is 1.58 bits per heavy atom. The normalized spacial score (nSPS) is 10.8. The predicted molar refractivity (Wildman–Crippen MR) is 108 cm³/mol. The van der Waals surface area contributed by atoms with Gasteiger partial charge in [0.1, 0.15) is 12.4 Å². The molecular weight excluding hydrogens is 292 g/mol. The quantitative estimate of drug-likeness (QED) is 0.573. The molecule has 0 aliphatic rings. The maximum atomic E-state index is 6.10. The van der Waals surface area contributed by atoms with Gasteiger partial charge in [-0.15, -0.1) is 0 Å². The van der Waals surface area contributed by atoms with Crippen LogP contribution in [0.2, 0.25) is 0 Å². The number of benzene rings is 2. The van der Waals surface area contributed by atoms with Crippen LogP contribution in [0.25, 0.3) is 0 Å². The first-order valence-electron chi connectivity index (χ1n) is 8.10. The summed E-state index contributed by atoms with van der Waals surface area (Å²) in [5.41, 5.74) is 5.32. The summed E-state index contributed by atoms with van der Waals surface area (Å²) in [6.45, 7) is 14.0. The van der Waals surface area contributed by atoms with Gasteiger partial charge < -0.3 is 4.74 Å². The number of rotatable bonds is 4. The molecule has 2 rings (SSSR count). The van der Waals surface area contributed by atoms with E-state index >= 15 is 0 Å². The molecule has 0 atom stereocenters. The second-order valence-corrected chi connectivity index (χ2v) is 7.41. The molecule has 134 valence electrons. The van der Waals surface area contributed by atoms with E-state index in [1.165, 1.54) is 22.3 Å². The molecule has 0 N–H and O–H groups in total. The molecule has 0 heterocycles. The molecule has 0 fully saturated rings. The summed E-state index contributed by atoms with van der Waals surface area (Å²) in [5.74, 6) is 1.47. The van der Waals surface area contributed by atoms with Crippen LogP contribution in [-0.2, 0) is 12.0 Å². The van der Waals surface area contributed by atoms with Crippen molar-refractivity contribution in [2.75, 3.05) is 0 Å². The van der Waals surface area contributed by atoms with E-state index < -0.39 is 0 Å². The predicted octanol–water partition coefficient (Wildman–Crippen LogP) is 7.27. The summed E-state index contributed by atoms with van der Waals surface area (Å²) in [6.07, 6.45) is 0. The maximum Gasteiger partial charge on any atom is 0.120 e. The Morgan fingerprint density at radius 1 is 0.958 bits per heavy atom. The van der Waals surface area contributed by atoms with Crippen molar-refractivity contribution in [3.63, 3.8) is 0 Å². The number of ether oxygens (including phenoxy) is 1. The van der Waals surface area contributed by atoms with Crippen LogP contribution >= 0.6 is 0 Å². The largest absolute Gasteiger partial charge is 0.489 e. The molecule has 0 aliphatic carbocycles. The van der Waals surface area contributed by atoms with E-state index in [2.05, 4.69) is 84.0 Å². The van der Waals surface area contributed by atoms with Crippen molar-refractivity contribution in [2.24, 2.45) is 0 Å². The van der Waals surface area contributed by atoms with Crippen LogP contribution in [0.5, 0.6) is 5.75 Å². The fraction of sp³-hybridized carbons (Fsp3) is 0.478. The summed E-state index contributed by atoms with van der Waals surface area (Å²) in [4.78, 5) is 0. The lowest BCUT2D eigenvalue weighted by Gasteiger charge is -2.22. The molecule has 0 saturated heterocycles. The highest BCUT2D eigenvalue weighted by Crippen LogP contribution is 2.31. The van der Waals surface area contributed by atoms with E-state index in [-0.39, 0.29) is 20.3 Å². The molecule has 0 saturated carbocycles. The Kier molecular flexibility index (Phi) is 8.26. The standard InChI is InChI=1S/C21H28O.2CH4/c1-15(2)18-11-19(21(4,5)6)13-20(12-18)22-14-17-10-8-7-9-16(17)3;;/h7-13,15H,14H2,1-6H3;2*1H4. The first-order chi connectivity index (χ1) is 10.3. The molecule has 0 bridgehead atoms. The SMILES string of the molecule is C.C.Cc1ccccc1COc1cc(C(C)C)cc(C(C)(C)C)c1. The minimum absolute atomic E-state index is 0. The van der Waals surface area contributed by atoms with Gasteiger partial charge in [-0.05, 0) is 52.6 Å². The fourth-order valence-electron chi connectivity index (χ4n) is 2.40. The molecule has 0 amide bonds. The number of aryl methyl sites for hydroxylation is 1. The van der Waals surface area contributed by atoms with Crippen LogP contribution in [0.1, 0.15) is 77.6 Å². The molecule has 0 unspecified atom stereocenters. The van der Waals surface area contributed by atoms with Crippen LogP contribution in [0.15, 0.2) is 42.5 Å². The average molecular weight is 329 g/mol. The van der Waals surface area contributed by atoms with Crippen LogP contribution in [0.4, 0.5) is 0 Å². The van der Waals surface area contributed by atoms with Gasteiger partial charge in [-0.25, -0.2) is 0 Å². The maximum absolute atomic E-state index is 6.10. The summed E-state index contributed by atoms with van der Waals surface area (Å²) < 4.78 is 6.10. The Morgan fingerprint density at radius 3 is 2.12 bits per heavy atom. The molecule has 0 aliphatic heterocycles. The van der Waals surface area contributed by atoms with Gasteiger partial charge in [0.25, 0.3) is 0 Å². The fourth-order valence-corrected chi connectivity index (χ4v) is 2.40. The Labute approximate surface area is 150 Å². The zero-order valence-corrected chi connectivity index (χ0v) is 14.7. The first-order valence-corrected chi connectivity index (χ1v) is 8.10. The van der Waals surface area contributed by atoms with Crippen LogP contribution in [-0.4, -0.2) is 0 Å². The molecule has 0 spiro atoms. The van der Waals surface area contributed by atoms with Crippen molar-refractivity contribution < 1.29 is 4.74 Å². The van der Waals surface area contributed by atoms with Crippen LogP contribution in [0.3, 0.4) is 0 Å². The smallest absolute Gasteiger partial charge is 0.120 e. The second kappa shape index (κ2) is 8.92. The monoisotopic (exact) mass is 328 g/mol. The highest BCUT2D eigenvalue weighted by molar-refractivity contribution is 5.39. The van der Waals surface area contributed by atoms with Gasteiger partial charge in [0.15, 0.2) is 0 Å². The van der Waals surface area contributed by atoms with Gasteiger partial charge in [0, 0.05) is 0 Å². The molecule has 24 heavy (non-hydrogen) atoms. The third-order valence-electron chi connectivity index (χ3n) is 4.12. The van der Waals surface area contributed by atoms with Crippen molar-refractivity contribution >= 4 is 0 Å². The minimum Gasteiger partial charge on any atom is -0.489 e. The second-order valence-electron chi connectivity index (χ2n) is 7.41. The summed E-state index contributed by atoms with van der Waals surface area (Å²) in [7, 11) is 0. The van der Waals surface area contributed by atoms with Gasteiger partial charge in [-0.2, -0.15) is 0 Å². The van der Waals surface area contributed by atoms with Gasteiger partial charge in [0.2, 0.25) is 0 Å². The minimum atomic E-state index is 0. The third-order valence-corrected chi connectivity index (χ3v) is 4.12. The van der Waals surface area contributed by atoms with E-state index in [9.17, 15) is 0 Å². The van der Waals surface area contributed by atoms with Crippen LogP contribution in [0, 0.1) is 6.92 Å². The summed E-state index contributed by atoms with van der Waals surface area (Å²) in [5, 5.41) is 0. The third kappa shape index (κ3) is 5.70. The van der Waals surface area contributed by atoms with E-state index in [4.69, 9.17) is 4.74 Å². The molecule has 2 aromatic carbocycles.